The van der Waals surface area contributed by atoms with Crippen molar-refractivity contribution in [3.05, 3.63) is 54.1 Å². The molecule has 78 valence electrons. The second kappa shape index (κ2) is 3.49. The minimum atomic E-state index is -0.247. The lowest BCUT2D eigenvalue weighted by molar-refractivity contribution is -0.134. The van der Waals surface area contributed by atoms with Gasteiger partial charge in [-0.15, -0.1) is 0 Å². The molecule has 2 aromatic rings. The Morgan fingerprint density at radius 3 is 2.56 bits per heavy atom. The summed E-state index contributed by atoms with van der Waals surface area (Å²) < 4.78 is 4.90. The molecule has 0 unspecified atom stereocenters. The molecular weight excluding hydrogens is 200 g/mol. The van der Waals surface area contributed by atoms with Gasteiger partial charge in [0.2, 0.25) is 0 Å². The van der Waals surface area contributed by atoms with E-state index in [4.69, 9.17) is 4.74 Å². The van der Waals surface area contributed by atoms with Crippen LogP contribution < -0.4 is 0 Å². The molecule has 2 nitrogen and oxygen atoms in total. The molecule has 0 saturated carbocycles. The first-order valence-corrected chi connectivity index (χ1v) is 5.19. The summed E-state index contributed by atoms with van der Waals surface area (Å²) in [5.41, 5.74) is 2.01. The maximum atomic E-state index is 11.0. The Morgan fingerprint density at radius 1 is 1.00 bits per heavy atom. The summed E-state index contributed by atoms with van der Waals surface area (Å²) in [7, 11) is 0. The Hall–Kier alpha value is -2.09. The number of hydrogen-bond acceptors (Lipinski definition) is 2. The van der Waals surface area contributed by atoms with Crippen molar-refractivity contribution in [3.63, 3.8) is 0 Å². The smallest absolute Gasteiger partial charge is 0.331 e. The number of cyclic esters (lactones) is 1. The van der Waals surface area contributed by atoms with E-state index in [1.165, 1.54) is 10.8 Å². The molecule has 0 N–H and O–H groups in total. The second-order valence-corrected chi connectivity index (χ2v) is 3.84. The van der Waals surface area contributed by atoms with Crippen LogP contribution in [-0.4, -0.2) is 12.6 Å². The van der Waals surface area contributed by atoms with Gasteiger partial charge in [0.25, 0.3) is 0 Å². The third kappa shape index (κ3) is 1.48. The van der Waals surface area contributed by atoms with E-state index < -0.39 is 0 Å². The topological polar surface area (TPSA) is 26.3 Å². The number of fused-ring (bicyclic) bond motifs is 1. The monoisotopic (exact) mass is 210 g/mol. The molecule has 2 heteroatoms. The SMILES string of the molecule is O=C1C=C(c2ccc3ccccc3c2)CO1. The molecule has 0 bridgehead atoms. The van der Waals surface area contributed by atoms with Gasteiger partial charge in [0.15, 0.2) is 0 Å². The van der Waals surface area contributed by atoms with Gasteiger partial charge in [-0.05, 0) is 22.4 Å². The van der Waals surface area contributed by atoms with Crippen LogP contribution in [0.5, 0.6) is 0 Å². The third-order valence-electron chi connectivity index (χ3n) is 2.78. The Morgan fingerprint density at radius 2 is 1.81 bits per heavy atom. The Kier molecular flexibility index (Phi) is 2.00. The van der Waals surface area contributed by atoms with Crippen LogP contribution in [0.25, 0.3) is 16.3 Å². The minimum absolute atomic E-state index is 0.247. The van der Waals surface area contributed by atoms with Crippen LogP contribution in [0.2, 0.25) is 0 Å². The molecular formula is C14H10O2. The van der Waals surface area contributed by atoms with Gasteiger partial charge >= 0.3 is 5.97 Å². The molecule has 0 radical (unpaired) electrons. The Bertz CT molecular complexity index is 596. The van der Waals surface area contributed by atoms with Crippen LogP contribution in [0.15, 0.2) is 48.5 Å². The number of hydrogen-bond donors (Lipinski definition) is 0. The highest BCUT2D eigenvalue weighted by Crippen LogP contribution is 2.23. The molecule has 1 heterocycles. The van der Waals surface area contributed by atoms with Gasteiger partial charge in [-0.1, -0.05) is 36.4 Å². The summed E-state index contributed by atoms with van der Waals surface area (Å²) in [4.78, 5) is 11.0. The van der Waals surface area contributed by atoms with Crippen LogP contribution in [0.1, 0.15) is 5.56 Å². The summed E-state index contributed by atoms with van der Waals surface area (Å²) in [6, 6.07) is 14.3. The molecule has 3 rings (SSSR count). The van der Waals surface area contributed by atoms with Crippen molar-refractivity contribution in [2.75, 3.05) is 6.61 Å². The maximum Gasteiger partial charge on any atom is 0.331 e. The van der Waals surface area contributed by atoms with E-state index >= 15 is 0 Å². The summed E-state index contributed by atoms with van der Waals surface area (Å²) in [5.74, 6) is -0.247. The van der Waals surface area contributed by atoms with Gasteiger partial charge in [0.1, 0.15) is 6.61 Å². The highest BCUT2D eigenvalue weighted by Gasteiger charge is 2.14. The summed E-state index contributed by atoms with van der Waals surface area (Å²) in [5, 5.41) is 2.39. The molecule has 0 aromatic heterocycles. The fraction of sp³-hybridized carbons (Fsp3) is 0.0714. The Labute approximate surface area is 93.2 Å². The first-order valence-electron chi connectivity index (χ1n) is 5.19. The van der Waals surface area contributed by atoms with Gasteiger partial charge in [-0.25, -0.2) is 4.79 Å². The number of esters is 1. The summed E-state index contributed by atoms with van der Waals surface area (Å²) in [6.45, 7) is 0.386. The zero-order valence-corrected chi connectivity index (χ0v) is 8.64. The summed E-state index contributed by atoms with van der Waals surface area (Å²) in [6.07, 6.45) is 1.56. The first-order chi connectivity index (χ1) is 7.83. The van der Waals surface area contributed by atoms with Crippen molar-refractivity contribution >= 4 is 22.3 Å². The lowest BCUT2D eigenvalue weighted by atomic mass is 10.0. The van der Waals surface area contributed by atoms with E-state index in [-0.39, 0.29) is 5.97 Å². The van der Waals surface area contributed by atoms with Gasteiger partial charge in [0.05, 0.1) is 0 Å². The van der Waals surface area contributed by atoms with Crippen molar-refractivity contribution in [1.82, 2.24) is 0 Å². The number of carbonyl (C=O) groups excluding carboxylic acids is 1. The first kappa shape index (κ1) is 9.16. The highest BCUT2D eigenvalue weighted by atomic mass is 16.5. The van der Waals surface area contributed by atoms with Crippen LogP contribution in [-0.2, 0) is 9.53 Å². The van der Waals surface area contributed by atoms with Gasteiger partial charge < -0.3 is 4.74 Å². The van der Waals surface area contributed by atoms with E-state index in [1.54, 1.807) is 6.08 Å². The average Bonchev–Trinajstić information content (AvgIpc) is 2.75. The second-order valence-electron chi connectivity index (χ2n) is 3.84. The predicted octanol–water partition coefficient (Wildman–Crippen LogP) is 2.78. The van der Waals surface area contributed by atoms with Crippen molar-refractivity contribution in [2.24, 2.45) is 0 Å². The number of benzene rings is 2. The molecule has 0 aliphatic carbocycles. The largest absolute Gasteiger partial charge is 0.458 e. The minimum Gasteiger partial charge on any atom is -0.458 e. The number of rotatable bonds is 1. The quantitative estimate of drug-likeness (QED) is 0.676. The predicted molar refractivity (Wildman–Crippen MR) is 62.9 cm³/mol. The lowest BCUT2D eigenvalue weighted by Gasteiger charge is -2.03. The van der Waals surface area contributed by atoms with E-state index in [1.807, 2.05) is 18.2 Å². The third-order valence-corrected chi connectivity index (χ3v) is 2.78. The Balaban J connectivity index is 2.12. The van der Waals surface area contributed by atoms with E-state index in [2.05, 4.69) is 24.3 Å². The van der Waals surface area contributed by atoms with E-state index in [9.17, 15) is 4.79 Å². The summed E-state index contributed by atoms with van der Waals surface area (Å²) >= 11 is 0. The van der Waals surface area contributed by atoms with Gasteiger partial charge in [-0.2, -0.15) is 0 Å². The maximum absolute atomic E-state index is 11.0. The normalized spacial score (nSPS) is 15.0. The van der Waals surface area contributed by atoms with E-state index in [0.717, 1.165) is 11.1 Å². The zero-order valence-electron chi connectivity index (χ0n) is 8.64. The fourth-order valence-corrected chi connectivity index (χ4v) is 1.93. The molecule has 0 spiro atoms. The van der Waals surface area contributed by atoms with Crippen molar-refractivity contribution in [3.8, 4) is 0 Å². The lowest BCUT2D eigenvalue weighted by Crippen LogP contribution is -1.91. The molecule has 0 saturated heterocycles. The standard InChI is InChI=1S/C14H10O2/c15-14-8-13(9-16-14)12-6-5-10-3-1-2-4-11(10)7-12/h1-8H,9H2. The molecule has 1 aliphatic heterocycles. The number of carbonyl (C=O) groups is 1. The number of ether oxygens (including phenoxy) is 1. The van der Waals surface area contributed by atoms with Crippen molar-refractivity contribution in [2.45, 2.75) is 0 Å². The van der Waals surface area contributed by atoms with Gasteiger partial charge in [0, 0.05) is 11.6 Å². The van der Waals surface area contributed by atoms with Crippen molar-refractivity contribution in [1.29, 1.82) is 0 Å². The van der Waals surface area contributed by atoms with Crippen molar-refractivity contribution < 1.29 is 9.53 Å². The van der Waals surface area contributed by atoms with E-state index in [0.29, 0.717) is 6.61 Å². The van der Waals surface area contributed by atoms with Gasteiger partial charge in [-0.3, -0.25) is 0 Å². The molecule has 2 aromatic carbocycles. The van der Waals surface area contributed by atoms with Crippen LogP contribution in [0.3, 0.4) is 0 Å². The van der Waals surface area contributed by atoms with Crippen LogP contribution in [0, 0.1) is 0 Å². The molecule has 1 aliphatic rings. The average molecular weight is 210 g/mol. The molecule has 0 amide bonds. The zero-order chi connectivity index (χ0) is 11.0. The molecule has 0 atom stereocenters. The molecule has 16 heavy (non-hydrogen) atoms. The highest BCUT2D eigenvalue weighted by molar-refractivity contribution is 5.97. The van der Waals surface area contributed by atoms with Crippen LogP contribution >= 0.6 is 0 Å². The fourth-order valence-electron chi connectivity index (χ4n) is 1.93. The molecule has 0 fully saturated rings. The van der Waals surface area contributed by atoms with Crippen LogP contribution in [0.4, 0.5) is 0 Å².